The van der Waals surface area contributed by atoms with Gasteiger partial charge in [0.1, 0.15) is 0 Å². The normalized spacial score (nSPS) is 16.8. The van der Waals surface area contributed by atoms with Crippen LogP contribution in [0.2, 0.25) is 5.02 Å². The minimum atomic E-state index is 0.226. The van der Waals surface area contributed by atoms with Crippen LogP contribution < -0.4 is 5.32 Å². The fourth-order valence-electron chi connectivity index (χ4n) is 3.07. The first-order valence-electron chi connectivity index (χ1n) is 7.65. The van der Waals surface area contributed by atoms with Gasteiger partial charge in [-0.05, 0) is 41.2 Å². The molecule has 2 aromatic carbocycles. The number of rotatable bonds is 4. The Morgan fingerprint density at radius 2 is 1.62 bits per heavy atom. The molecule has 0 amide bonds. The smallest absolute Gasteiger partial charge is 0.0406 e. The predicted octanol–water partition coefficient (Wildman–Crippen LogP) is 4.55. The summed E-state index contributed by atoms with van der Waals surface area (Å²) in [6.45, 7) is 6.56. The highest BCUT2D eigenvalue weighted by Gasteiger charge is 2.38. The zero-order valence-electron chi connectivity index (χ0n) is 12.7. The molecule has 1 heterocycles. The van der Waals surface area contributed by atoms with Gasteiger partial charge in [-0.2, -0.15) is 0 Å². The van der Waals surface area contributed by atoms with E-state index in [9.17, 15) is 0 Å². The first-order chi connectivity index (χ1) is 10.1. The van der Waals surface area contributed by atoms with Crippen LogP contribution in [0, 0.1) is 0 Å². The maximum absolute atomic E-state index is 6.01. The minimum absolute atomic E-state index is 0.226. The third-order valence-electron chi connectivity index (χ3n) is 4.57. The maximum Gasteiger partial charge on any atom is 0.0406 e. The quantitative estimate of drug-likeness (QED) is 0.873. The molecule has 1 aliphatic rings. The van der Waals surface area contributed by atoms with E-state index in [1.807, 2.05) is 12.1 Å². The van der Waals surface area contributed by atoms with Crippen molar-refractivity contribution in [3.63, 3.8) is 0 Å². The minimum Gasteiger partial charge on any atom is -0.315 e. The van der Waals surface area contributed by atoms with Crippen LogP contribution in [0.25, 0.3) is 0 Å². The summed E-state index contributed by atoms with van der Waals surface area (Å²) in [5.41, 5.74) is 4.43. The van der Waals surface area contributed by atoms with Crippen molar-refractivity contribution in [3.05, 3.63) is 70.2 Å². The highest BCUT2D eigenvalue weighted by molar-refractivity contribution is 6.30. The van der Waals surface area contributed by atoms with E-state index in [1.165, 1.54) is 16.7 Å². The lowest BCUT2D eigenvalue weighted by molar-refractivity contribution is 0.275. The van der Waals surface area contributed by atoms with E-state index in [0.29, 0.717) is 5.92 Å². The molecule has 1 fully saturated rings. The molecule has 0 bridgehead atoms. The molecule has 1 saturated heterocycles. The summed E-state index contributed by atoms with van der Waals surface area (Å²) in [7, 11) is 0. The molecule has 3 rings (SSSR count). The van der Waals surface area contributed by atoms with Crippen LogP contribution in [0.5, 0.6) is 0 Å². The first-order valence-corrected chi connectivity index (χ1v) is 8.02. The Labute approximate surface area is 132 Å². The molecule has 110 valence electrons. The van der Waals surface area contributed by atoms with Gasteiger partial charge >= 0.3 is 0 Å². The van der Waals surface area contributed by atoms with E-state index < -0.39 is 0 Å². The largest absolute Gasteiger partial charge is 0.315 e. The van der Waals surface area contributed by atoms with Gasteiger partial charge in [-0.25, -0.2) is 0 Å². The summed E-state index contributed by atoms with van der Waals surface area (Å²) >= 11 is 6.01. The number of benzene rings is 2. The lowest BCUT2D eigenvalue weighted by Gasteiger charge is -2.43. The van der Waals surface area contributed by atoms with Crippen LogP contribution >= 0.6 is 11.6 Å². The van der Waals surface area contributed by atoms with Crippen LogP contribution in [0.4, 0.5) is 0 Å². The fourth-order valence-corrected chi connectivity index (χ4v) is 3.20. The second-order valence-electron chi connectivity index (χ2n) is 6.46. The summed E-state index contributed by atoms with van der Waals surface area (Å²) in [4.78, 5) is 0. The van der Waals surface area contributed by atoms with Crippen molar-refractivity contribution in [1.29, 1.82) is 0 Å². The van der Waals surface area contributed by atoms with E-state index >= 15 is 0 Å². The Kier molecular flexibility index (Phi) is 4.05. The van der Waals surface area contributed by atoms with Crippen LogP contribution in [-0.2, 0) is 11.8 Å². The third-order valence-corrected chi connectivity index (χ3v) is 4.82. The zero-order chi connectivity index (χ0) is 14.9. The Hall–Kier alpha value is -1.31. The SMILES string of the molecule is CC(C)c1ccc(CC2(c3ccc(Cl)cc3)CNC2)cc1. The summed E-state index contributed by atoms with van der Waals surface area (Å²) in [6, 6.07) is 17.4. The molecular weight excluding hydrogens is 278 g/mol. The van der Waals surface area contributed by atoms with Gasteiger partial charge in [-0.1, -0.05) is 61.8 Å². The second kappa shape index (κ2) is 5.82. The topological polar surface area (TPSA) is 12.0 Å². The first kappa shape index (κ1) is 14.6. The van der Waals surface area contributed by atoms with Crippen molar-refractivity contribution < 1.29 is 0 Å². The monoisotopic (exact) mass is 299 g/mol. The summed E-state index contributed by atoms with van der Waals surface area (Å²) in [5, 5.41) is 4.24. The van der Waals surface area contributed by atoms with E-state index in [-0.39, 0.29) is 5.41 Å². The molecule has 0 spiro atoms. The van der Waals surface area contributed by atoms with Crippen molar-refractivity contribution in [2.75, 3.05) is 13.1 Å². The number of hydrogen-bond donors (Lipinski definition) is 1. The van der Waals surface area contributed by atoms with Crippen molar-refractivity contribution >= 4 is 11.6 Å². The highest BCUT2D eigenvalue weighted by atomic mass is 35.5. The van der Waals surface area contributed by atoms with Crippen LogP contribution in [0.1, 0.15) is 36.5 Å². The summed E-state index contributed by atoms with van der Waals surface area (Å²) in [6.07, 6.45) is 1.08. The molecule has 0 radical (unpaired) electrons. The number of nitrogens with one attached hydrogen (secondary N) is 1. The second-order valence-corrected chi connectivity index (χ2v) is 6.90. The summed E-state index contributed by atoms with van der Waals surface area (Å²) < 4.78 is 0. The van der Waals surface area contributed by atoms with Gasteiger partial charge in [-0.15, -0.1) is 0 Å². The lowest BCUT2D eigenvalue weighted by atomic mass is 9.71. The molecule has 0 atom stereocenters. The van der Waals surface area contributed by atoms with Gasteiger partial charge in [0.2, 0.25) is 0 Å². The number of hydrogen-bond acceptors (Lipinski definition) is 1. The molecule has 2 heteroatoms. The Morgan fingerprint density at radius 1 is 1.00 bits per heavy atom. The van der Waals surface area contributed by atoms with Crippen LogP contribution in [0.3, 0.4) is 0 Å². The molecule has 2 aromatic rings. The standard InChI is InChI=1S/C19H22ClN/c1-14(2)16-5-3-15(4-6-16)11-19(12-21-13-19)17-7-9-18(20)10-8-17/h3-10,14,21H,11-13H2,1-2H3. The van der Waals surface area contributed by atoms with E-state index in [2.05, 4.69) is 55.6 Å². The van der Waals surface area contributed by atoms with Crippen molar-refractivity contribution in [2.24, 2.45) is 0 Å². The molecular formula is C19H22ClN. The van der Waals surface area contributed by atoms with Gasteiger partial charge in [0.25, 0.3) is 0 Å². The number of halogens is 1. The van der Waals surface area contributed by atoms with E-state index in [1.54, 1.807) is 0 Å². The fraction of sp³-hybridized carbons (Fsp3) is 0.368. The Balaban J connectivity index is 1.82. The Morgan fingerprint density at radius 3 is 2.10 bits per heavy atom. The van der Waals surface area contributed by atoms with Crippen molar-refractivity contribution in [2.45, 2.75) is 31.6 Å². The Bertz CT molecular complexity index is 594. The molecule has 0 aliphatic carbocycles. The molecule has 1 N–H and O–H groups in total. The molecule has 0 aromatic heterocycles. The van der Waals surface area contributed by atoms with Crippen LogP contribution in [-0.4, -0.2) is 13.1 Å². The van der Waals surface area contributed by atoms with Crippen LogP contribution in [0.15, 0.2) is 48.5 Å². The van der Waals surface area contributed by atoms with Gasteiger partial charge in [0.05, 0.1) is 0 Å². The van der Waals surface area contributed by atoms with Gasteiger partial charge in [-0.3, -0.25) is 0 Å². The molecule has 1 aliphatic heterocycles. The average Bonchev–Trinajstić information content (AvgIpc) is 2.44. The average molecular weight is 300 g/mol. The van der Waals surface area contributed by atoms with Gasteiger partial charge in [0.15, 0.2) is 0 Å². The predicted molar refractivity (Wildman–Crippen MR) is 90.2 cm³/mol. The maximum atomic E-state index is 6.01. The zero-order valence-corrected chi connectivity index (χ0v) is 13.5. The summed E-state index contributed by atoms with van der Waals surface area (Å²) in [5.74, 6) is 0.592. The molecule has 0 saturated carbocycles. The lowest BCUT2D eigenvalue weighted by Crippen LogP contribution is -2.58. The molecule has 1 nitrogen and oxygen atoms in total. The third kappa shape index (κ3) is 3.00. The van der Waals surface area contributed by atoms with E-state index in [4.69, 9.17) is 11.6 Å². The van der Waals surface area contributed by atoms with Crippen molar-refractivity contribution in [3.8, 4) is 0 Å². The molecule has 0 unspecified atom stereocenters. The van der Waals surface area contributed by atoms with Crippen molar-refractivity contribution in [1.82, 2.24) is 5.32 Å². The highest BCUT2D eigenvalue weighted by Crippen LogP contribution is 2.33. The molecule has 21 heavy (non-hydrogen) atoms. The van der Waals surface area contributed by atoms with Gasteiger partial charge < -0.3 is 5.32 Å². The van der Waals surface area contributed by atoms with E-state index in [0.717, 1.165) is 24.5 Å². The van der Waals surface area contributed by atoms with Gasteiger partial charge in [0, 0.05) is 23.5 Å².